The lowest BCUT2D eigenvalue weighted by Gasteiger charge is -2.25. The molecule has 8 nitrogen and oxygen atoms in total. The standard InChI is InChI=1S/C12H13N5O.C3H8O2.H2/c18-12(15-9-2-1-3-9)11-14-5-4-10(16-11)17-7-6-13-8-17;1-5-3-2-4;/h4-9H,1-3H2,(H,15,18);4H,2-3H2,1H3;1H. The third-order valence-corrected chi connectivity index (χ3v) is 3.35. The Morgan fingerprint density at radius 3 is 2.87 bits per heavy atom. The van der Waals surface area contributed by atoms with E-state index >= 15 is 0 Å². The summed E-state index contributed by atoms with van der Waals surface area (Å²) < 4.78 is 6.18. The van der Waals surface area contributed by atoms with E-state index < -0.39 is 0 Å². The highest BCUT2D eigenvalue weighted by Gasteiger charge is 2.21. The second-order valence-corrected chi connectivity index (χ2v) is 5.03. The highest BCUT2D eigenvalue weighted by Crippen LogP contribution is 2.18. The van der Waals surface area contributed by atoms with E-state index in [-0.39, 0.29) is 25.8 Å². The molecule has 2 N–H and O–H groups in total. The molecule has 8 heteroatoms. The van der Waals surface area contributed by atoms with Gasteiger partial charge in [0.2, 0.25) is 5.82 Å². The molecule has 126 valence electrons. The number of hydrogen-bond acceptors (Lipinski definition) is 6. The summed E-state index contributed by atoms with van der Waals surface area (Å²) in [6, 6.07) is 2.03. The number of hydrogen-bond donors (Lipinski definition) is 2. The van der Waals surface area contributed by atoms with Crippen LogP contribution in [0.4, 0.5) is 0 Å². The van der Waals surface area contributed by atoms with E-state index in [1.165, 1.54) is 6.42 Å². The van der Waals surface area contributed by atoms with Crippen molar-refractivity contribution in [1.29, 1.82) is 0 Å². The Hall–Kier alpha value is -2.32. The van der Waals surface area contributed by atoms with Gasteiger partial charge in [0, 0.05) is 33.2 Å². The van der Waals surface area contributed by atoms with E-state index in [4.69, 9.17) is 5.11 Å². The van der Waals surface area contributed by atoms with Crippen molar-refractivity contribution in [1.82, 2.24) is 24.8 Å². The predicted molar refractivity (Wildman–Crippen MR) is 85.3 cm³/mol. The van der Waals surface area contributed by atoms with Crippen molar-refractivity contribution >= 4 is 5.91 Å². The van der Waals surface area contributed by atoms with Crippen LogP contribution in [-0.4, -0.2) is 56.9 Å². The third kappa shape index (κ3) is 5.11. The van der Waals surface area contributed by atoms with Crippen LogP contribution in [0.1, 0.15) is 31.3 Å². The number of aromatic nitrogens is 4. The number of nitrogens with zero attached hydrogens (tertiary/aromatic N) is 4. The van der Waals surface area contributed by atoms with Crippen LogP contribution in [0.5, 0.6) is 0 Å². The first kappa shape index (κ1) is 17.0. The molecule has 1 fully saturated rings. The van der Waals surface area contributed by atoms with Gasteiger partial charge in [0.05, 0.1) is 13.2 Å². The van der Waals surface area contributed by atoms with Crippen molar-refractivity contribution in [3.63, 3.8) is 0 Å². The fraction of sp³-hybridized carbons (Fsp3) is 0.467. The lowest BCUT2D eigenvalue weighted by molar-refractivity contribution is 0.0906. The lowest BCUT2D eigenvalue weighted by Crippen LogP contribution is -2.40. The van der Waals surface area contributed by atoms with Crippen LogP contribution in [0.2, 0.25) is 0 Å². The van der Waals surface area contributed by atoms with Crippen molar-refractivity contribution in [2.45, 2.75) is 25.3 Å². The number of nitrogens with one attached hydrogen (secondary N) is 1. The number of imidazole rings is 1. The van der Waals surface area contributed by atoms with Gasteiger partial charge in [0.25, 0.3) is 5.91 Å². The summed E-state index contributed by atoms with van der Waals surface area (Å²) in [6.45, 7) is 0.566. The molecule has 2 aromatic rings. The van der Waals surface area contributed by atoms with Crippen molar-refractivity contribution in [3.8, 4) is 5.82 Å². The lowest BCUT2D eigenvalue weighted by atomic mass is 9.93. The molecular weight excluding hydrogens is 298 g/mol. The number of methoxy groups -OCH3 is 1. The molecule has 0 spiro atoms. The molecule has 0 saturated heterocycles. The fourth-order valence-corrected chi connectivity index (χ4v) is 1.89. The summed E-state index contributed by atoms with van der Waals surface area (Å²) in [5.74, 6) is 0.635. The van der Waals surface area contributed by atoms with Crippen LogP contribution in [0, 0.1) is 0 Å². The monoisotopic (exact) mass is 321 g/mol. The van der Waals surface area contributed by atoms with Crippen LogP contribution < -0.4 is 5.32 Å². The minimum atomic E-state index is -0.207. The van der Waals surface area contributed by atoms with E-state index in [1.54, 1.807) is 42.7 Å². The van der Waals surface area contributed by atoms with Gasteiger partial charge in [-0.1, -0.05) is 0 Å². The molecule has 0 bridgehead atoms. The summed E-state index contributed by atoms with van der Waals surface area (Å²) in [4.78, 5) is 24.1. The first-order valence-corrected chi connectivity index (χ1v) is 7.46. The SMILES string of the molecule is COCCO.O=C(NC1CCC1)c1nccc(-n2ccnc2)n1.[HH]. The minimum absolute atomic E-state index is 0. The smallest absolute Gasteiger partial charge is 0.289 e. The van der Waals surface area contributed by atoms with Crippen LogP contribution in [0.15, 0.2) is 31.0 Å². The fourth-order valence-electron chi connectivity index (χ4n) is 1.89. The highest BCUT2D eigenvalue weighted by atomic mass is 16.5. The van der Waals surface area contributed by atoms with E-state index in [2.05, 4.69) is 25.0 Å². The van der Waals surface area contributed by atoms with E-state index in [0.29, 0.717) is 12.4 Å². The molecule has 23 heavy (non-hydrogen) atoms. The summed E-state index contributed by atoms with van der Waals surface area (Å²) in [5.41, 5.74) is 0. The van der Waals surface area contributed by atoms with Gasteiger partial charge in [-0.25, -0.2) is 15.0 Å². The number of aliphatic hydroxyl groups excluding tert-OH is 1. The molecule has 1 aliphatic carbocycles. The maximum absolute atomic E-state index is 11.9. The van der Waals surface area contributed by atoms with Gasteiger partial charge in [0.15, 0.2) is 0 Å². The largest absolute Gasteiger partial charge is 0.394 e. The summed E-state index contributed by atoms with van der Waals surface area (Å²) >= 11 is 0. The highest BCUT2D eigenvalue weighted by molar-refractivity contribution is 5.90. The summed E-state index contributed by atoms with van der Waals surface area (Å²) in [5, 5.41) is 10.9. The van der Waals surface area contributed by atoms with Gasteiger partial charge in [-0.15, -0.1) is 0 Å². The zero-order valence-corrected chi connectivity index (χ0v) is 13.1. The van der Waals surface area contributed by atoms with Gasteiger partial charge in [-0.3, -0.25) is 9.36 Å². The van der Waals surface area contributed by atoms with Gasteiger partial charge in [-0.05, 0) is 25.3 Å². The first-order valence-electron chi connectivity index (χ1n) is 7.46. The van der Waals surface area contributed by atoms with Gasteiger partial charge >= 0.3 is 0 Å². The number of rotatable bonds is 5. The predicted octanol–water partition coefficient (Wildman–Crippen LogP) is 0.816. The van der Waals surface area contributed by atoms with Crippen LogP contribution in [-0.2, 0) is 4.74 Å². The number of aliphatic hydroxyl groups is 1. The summed E-state index contributed by atoms with van der Waals surface area (Å²) in [7, 11) is 1.55. The molecule has 0 atom stereocenters. The number of ether oxygens (including phenoxy) is 1. The number of amides is 1. The number of carbonyl (C=O) groups excluding carboxylic acids is 1. The third-order valence-electron chi connectivity index (χ3n) is 3.35. The maximum Gasteiger partial charge on any atom is 0.289 e. The Bertz CT molecular complexity index is 603. The van der Waals surface area contributed by atoms with Gasteiger partial charge in [-0.2, -0.15) is 0 Å². The molecule has 0 aromatic carbocycles. The van der Waals surface area contributed by atoms with E-state index in [0.717, 1.165) is 12.8 Å². The Labute approximate surface area is 136 Å². The molecule has 1 saturated carbocycles. The minimum Gasteiger partial charge on any atom is -0.394 e. The average molecular weight is 321 g/mol. The van der Waals surface area contributed by atoms with Crippen molar-refractivity contribution in [2.75, 3.05) is 20.3 Å². The van der Waals surface area contributed by atoms with E-state index in [1.807, 2.05) is 0 Å². The maximum atomic E-state index is 11.9. The number of carbonyl (C=O) groups is 1. The van der Waals surface area contributed by atoms with Crippen LogP contribution in [0.25, 0.3) is 5.82 Å². The van der Waals surface area contributed by atoms with Crippen molar-refractivity contribution in [2.24, 2.45) is 0 Å². The Morgan fingerprint density at radius 2 is 2.35 bits per heavy atom. The zero-order chi connectivity index (χ0) is 16.5. The summed E-state index contributed by atoms with van der Waals surface area (Å²) in [6.07, 6.45) is 9.93. The first-order chi connectivity index (χ1) is 11.2. The van der Waals surface area contributed by atoms with E-state index in [9.17, 15) is 4.79 Å². The molecule has 0 radical (unpaired) electrons. The second kappa shape index (κ2) is 8.96. The van der Waals surface area contributed by atoms with Crippen molar-refractivity contribution in [3.05, 3.63) is 36.8 Å². The normalized spacial score (nSPS) is 13.7. The molecule has 0 aliphatic heterocycles. The molecule has 1 aliphatic rings. The van der Waals surface area contributed by atoms with Crippen molar-refractivity contribution < 1.29 is 16.1 Å². The van der Waals surface area contributed by atoms with Crippen LogP contribution >= 0.6 is 0 Å². The molecule has 1 amide bonds. The molecule has 3 rings (SSSR count). The Morgan fingerprint density at radius 1 is 1.52 bits per heavy atom. The topological polar surface area (TPSA) is 102 Å². The average Bonchev–Trinajstić information content (AvgIpc) is 3.07. The Balaban J connectivity index is 0.000000425. The van der Waals surface area contributed by atoms with Gasteiger partial charge < -0.3 is 15.2 Å². The Kier molecular flexibility index (Phi) is 6.64. The van der Waals surface area contributed by atoms with Gasteiger partial charge in [0.1, 0.15) is 12.1 Å². The molecular formula is C15H23N5O3. The molecule has 2 heterocycles. The second-order valence-electron chi connectivity index (χ2n) is 5.03. The quantitative estimate of drug-likeness (QED) is 0.845. The zero-order valence-electron chi connectivity index (χ0n) is 13.1. The van der Waals surface area contributed by atoms with Crippen LogP contribution in [0.3, 0.4) is 0 Å². The molecule has 0 unspecified atom stereocenters. The molecule has 2 aromatic heterocycles.